The predicted molar refractivity (Wildman–Crippen MR) is 78.7 cm³/mol. The van der Waals surface area contributed by atoms with Crippen LogP contribution in [0.15, 0.2) is 11.2 Å². The normalized spacial score (nSPS) is 10.0. The van der Waals surface area contributed by atoms with Crippen LogP contribution in [0.3, 0.4) is 0 Å². The second-order valence-corrected chi connectivity index (χ2v) is 4.54. The van der Waals surface area contributed by atoms with Gasteiger partial charge < -0.3 is 21.7 Å². The van der Waals surface area contributed by atoms with E-state index in [1.165, 1.54) is 11.8 Å². The summed E-state index contributed by atoms with van der Waals surface area (Å²) in [4.78, 5) is 19.2. The van der Waals surface area contributed by atoms with Crippen molar-refractivity contribution in [2.24, 2.45) is 5.73 Å². The van der Waals surface area contributed by atoms with Crippen molar-refractivity contribution in [3.63, 3.8) is 0 Å². The summed E-state index contributed by atoms with van der Waals surface area (Å²) < 4.78 is 0. The molecule has 5 N–H and O–H groups in total. The van der Waals surface area contributed by atoms with Gasteiger partial charge in [0.25, 0.3) is 0 Å². The molecule has 0 fully saturated rings. The fourth-order valence-electron chi connectivity index (χ4n) is 1.33. The summed E-state index contributed by atoms with van der Waals surface area (Å²) >= 11 is 1.48. The van der Waals surface area contributed by atoms with Crippen LogP contribution < -0.4 is 21.7 Å². The molecule has 0 atom stereocenters. The Balaban J connectivity index is 2.57. The second kappa shape index (κ2) is 8.41. The number of nitrogens with two attached hydrogens (primary N) is 1. The topological polar surface area (TPSA) is 105 Å². The van der Waals surface area contributed by atoms with Crippen LogP contribution in [0.25, 0.3) is 0 Å². The molecule has 7 nitrogen and oxygen atoms in total. The zero-order chi connectivity index (χ0) is 14.1. The van der Waals surface area contributed by atoms with Crippen molar-refractivity contribution in [1.82, 2.24) is 15.3 Å². The third-order valence-electron chi connectivity index (χ3n) is 2.17. The zero-order valence-electron chi connectivity index (χ0n) is 11.2. The van der Waals surface area contributed by atoms with Crippen LogP contribution in [0.4, 0.5) is 16.4 Å². The third kappa shape index (κ3) is 6.14. The molecule has 19 heavy (non-hydrogen) atoms. The molecule has 1 aromatic heterocycles. The predicted octanol–water partition coefficient (Wildman–Crippen LogP) is 1.10. The highest BCUT2D eigenvalue weighted by Crippen LogP contribution is 2.16. The minimum Gasteiger partial charge on any atom is -0.370 e. The first-order valence-electron chi connectivity index (χ1n) is 6.09. The van der Waals surface area contributed by atoms with Crippen LogP contribution in [0.5, 0.6) is 0 Å². The van der Waals surface area contributed by atoms with E-state index in [0.29, 0.717) is 18.2 Å². The summed E-state index contributed by atoms with van der Waals surface area (Å²) in [5.41, 5.74) is 4.98. The molecular weight excluding hydrogens is 264 g/mol. The van der Waals surface area contributed by atoms with Gasteiger partial charge in [-0.3, -0.25) is 0 Å². The lowest BCUT2D eigenvalue weighted by molar-refractivity contribution is 0.249. The molecule has 2 amide bonds. The van der Waals surface area contributed by atoms with Crippen molar-refractivity contribution in [2.45, 2.75) is 18.5 Å². The molecule has 1 aromatic rings. The van der Waals surface area contributed by atoms with Gasteiger partial charge in [-0.2, -0.15) is 0 Å². The molecule has 0 unspecified atom stereocenters. The van der Waals surface area contributed by atoms with Gasteiger partial charge in [0.15, 0.2) is 5.16 Å². The maximum atomic E-state index is 10.5. The smallest absolute Gasteiger partial charge is 0.312 e. The number of thioether (sulfide) groups is 1. The van der Waals surface area contributed by atoms with Crippen LogP contribution in [0.1, 0.15) is 13.3 Å². The molecular formula is C11H20N6OS. The first-order chi connectivity index (χ1) is 9.15. The number of rotatable bonds is 8. The number of urea groups is 1. The Morgan fingerprint density at radius 3 is 2.42 bits per heavy atom. The number of carbonyl (C=O) groups excluding carboxylic acids is 1. The van der Waals surface area contributed by atoms with E-state index in [-0.39, 0.29) is 0 Å². The van der Waals surface area contributed by atoms with Crippen LogP contribution in [-0.2, 0) is 0 Å². The number of aromatic nitrogens is 2. The number of anilines is 2. The molecule has 0 aliphatic heterocycles. The highest BCUT2D eigenvalue weighted by Gasteiger charge is 2.03. The first kappa shape index (κ1) is 15.4. The Kier molecular flexibility index (Phi) is 6.80. The van der Waals surface area contributed by atoms with Gasteiger partial charge in [-0.25, -0.2) is 14.8 Å². The van der Waals surface area contributed by atoms with Gasteiger partial charge in [0.1, 0.15) is 11.6 Å². The summed E-state index contributed by atoms with van der Waals surface area (Å²) in [5.74, 6) is 1.52. The van der Waals surface area contributed by atoms with Crippen molar-refractivity contribution < 1.29 is 4.79 Å². The van der Waals surface area contributed by atoms with Gasteiger partial charge in [-0.1, -0.05) is 18.7 Å². The fraction of sp³-hybridized carbons (Fsp3) is 0.545. The molecule has 1 heterocycles. The fourth-order valence-corrected chi connectivity index (χ4v) is 1.71. The lowest BCUT2D eigenvalue weighted by Gasteiger charge is -2.10. The lowest BCUT2D eigenvalue weighted by Crippen LogP contribution is -2.33. The molecule has 0 bridgehead atoms. The molecule has 0 saturated carbocycles. The van der Waals surface area contributed by atoms with E-state index < -0.39 is 6.03 Å². The van der Waals surface area contributed by atoms with Crippen LogP contribution in [-0.4, -0.2) is 41.9 Å². The van der Waals surface area contributed by atoms with Crippen molar-refractivity contribution in [1.29, 1.82) is 0 Å². The zero-order valence-corrected chi connectivity index (χ0v) is 12.0. The molecule has 1 rings (SSSR count). The summed E-state index contributed by atoms with van der Waals surface area (Å²) in [7, 11) is 0. The Bertz CT molecular complexity index is 414. The third-order valence-corrected chi connectivity index (χ3v) is 2.72. The van der Waals surface area contributed by atoms with E-state index in [4.69, 9.17) is 5.73 Å². The SMILES string of the molecule is CCCNc1cc(NCCNC(N)=O)nc(SC)n1. The molecule has 0 aliphatic carbocycles. The van der Waals surface area contributed by atoms with Crippen LogP contribution >= 0.6 is 11.8 Å². The molecule has 0 spiro atoms. The highest BCUT2D eigenvalue weighted by atomic mass is 32.2. The van der Waals surface area contributed by atoms with Crippen LogP contribution in [0, 0.1) is 0 Å². The molecule has 106 valence electrons. The van der Waals surface area contributed by atoms with Crippen molar-refractivity contribution in [3.05, 3.63) is 6.07 Å². The number of nitrogens with zero attached hydrogens (tertiary/aromatic N) is 2. The number of nitrogens with one attached hydrogen (secondary N) is 3. The maximum absolute atomic E-state index is 10.5. The van der Waals surface area contributed by atoms with E-state index >= 15 is 0 Å². The molecule has 0 aromatic carbocycles. The largest absolute Gasteiger partial charge is 0.370 e. The summed E-state index contributed by atoms with van der Waals surface area (Å²) in [6, 6.07) is 1.32. The van der Waals surface area contributed by atoms with Crippen molar-refractivity contribution in [3.8, 4) is 0 Å². The Morgan fingerprint density at radius 1 is 1.26 bits per heavy atom. The minimum atomic E-state index is -0.528. The maximum Gasteiger partial charge on any atom is 0.312 e. The second-order valence-electron chi connectivity index (χ2n) is 3.77. The van der Waals surface area contributed by atoms with E-state index in [0.717, 1.165) is 24.6 Å². The quantitative estimate of drug-likeness (QED) is 0.324. The number of amides is 2. The first-order valence-corrected chi connectivity index (χ1v) is 7.32. The highest BCUT2D eigenvalue weighted by molar-refractivity contribution is 7.98. The lowest BCUT2D eigenvalue weighted by atomic mass is 10.4. The van der Waals surface area contributed by atoms with Gasteiger partial charge >= 0.3 is 6.03 Å². The van der Waals surface area contributed by atoms with Gasteiger partial charge in [0.2, 0.25) is 0 Å². The average molecular weight is 284 g/mol. The number of carbonyl (C=O) groups is 1. The van der Waals surface area contributed by atoms with E-state index in [2.05, 4.69) is 32.8 Å². The molecule has 0 saturated heterocycles. The summed E-state index contributed by atoms with van der Waals surface area (Å²) in [5, 5.41) is 9.55. The van der Waals surface area contributed by atoms with E-state index in [1.54, 1.807) is 0 Å². The standard InChI is InChI=1S/C11H20N6OS/c1-3-4-13-8-7-9(17-11(16-8)19-2)14-5-6-15-10(12)18/h7H,3-6H2,1-2H3,(H3,12,15,18)(H2,13,14,16,17). The molecule has 8 heteroatoms. The van der Waals surface area contributed by atoms with Gasteiger partial charge in [-0.05, 0) is 12.7 Å². The minimum absolute atomic E-state index is 0.450. The molecule has 0 radical (unpaired) electrons. The van der Waals surface area contributed by atoms with Gasteiger partial charge in [-0.15, -0.1) is 0 Å². The molecule has 0 aliphatic rings. The van der Waals surface area contributed by atoms with E-state index in [9.17, 15) is 4.79 Å². The Hall–Kier alpha value is -1.70. The summed E-state index contributed by atoms with van der Waals surface area (Å²) in [6.07, 6.45) is 2.96. The van der Waals surface area contributed by atoms with Crippen molar-refractivity contribution >= 4 is 29.4 Å². The summed E-state index contributed by atoms with van der Waals surface area (Å²) in [6.45, 7) is 3.97. The number of primary amides is 1. The Labute approximate surface area is 117 Å². The number of hydrogen-bond donors (Lipinski definition) is 4. The van der Waals surface area contributed by atoms with Crippen LogP contribution in [0.2, 0.25) is 0 Å². The monoisotopic (exact) mass is 284 g/mol. The van der Waals surface area contributed by atoms with E-state index in [1.807, 2.05) is 12.3 Å². The van der Waals surface area contributed by atoms with Crippen molar-refractivity contribution in [2.75, 3.05) is 36.5 Å². The Morgan fingerprint density at radius 2 is 1.89 bits per heavy atom. The van der Waals surface area contributed by atoms with Gasteiger partial charge in [0, 0.05) is 25.7 Å². The average Bonchev–Trinajstić information content (AvgIpc) is 2.41. The number of hydrogen-bond acceptors (Lipinski definition) is 6. The van der Waals surface area contributed by atoms with Gasteiger partial charge in [0.05, 0.1) is 0 Å².